The van der Waals surface area contributed by atoms with Crippen molar-refractivity contribution in [2.24, 2.45) is 0 Å². The van der Waals surface area contributed by atoms with Crippen molar-refractivity contribution >= 4 is 28.6 Å². The quantitative estimate of drug-likeness (QED) is 0.722. The van der Waals surface area contributed by atoms with Crippen LogP contribution in [0.15, 0.2) is 24.3 Å². The molecule has 0 atom stereocenters. The van der Waals surface area contributed by atoms with Crippen LogP contribution in [0, 0.1) is 6.92 Å². The minimum absolute atomic E-state index is 0.0161. The van der Waals surface area contributed by atoms with E-state index in [2.05, 4.69) is 5.32 Å². The van der Waals surface area contributed by atoms with Crippen LogP contribution in [0.3, 0.4) is 0 Å². The summed E-state index contributed by atoms with van der Waals surface area (Å²) in [7, 11) is 0. The Morgan fingerprint density at radius 2 is 2.17 bits per heavy atom. The predicted molar refractivity (Wildman–Crippen MR) is 99.8 cm³/mol. The number of carbonyl (C=O) groups excluding carboxylic acids is 1. The van der Waals surface area contributed by atoms with Crippen molar-refractivity contribution in [1.82, 2.24) is 10.3 Å². The van der Waals surface area contributed by atoms with Gasteiger partial charge in [0.25, 0.3) is 5.91 Å². The Morgan fingerprint density at radius 3 is 2.92 bits per heavy atom. The number of rotatable bonds is 8. The lowest BCUT2D eigenvalue weighted by Gasteiger charge is -2.11. The van der Waals surface area contributed by atoms with Crippen LogP contribution < -0.4 is 5.32 Å². The van der Waals surface area contributed by atoms with Crippen molar-refractivity contribution in [3.63, 3.8) is 0 Å². The monoisotopic (exact) mass is 344 g/mol. The zero-order chi connectivity index (χ0) is 16.9. The fourth-order valence-electron chi connectivity index (χ4n) is 2.74. The van der Waals surface area contributed by atoms with Gasteiger partial charge in [-0.3, -0.25) is 9.78 Å². The fourth-order valence-corrected chi connectivity index (χ4v) is 3.52. The Bertz CT molecular complexity index is 729. The lowest BCUT2D eigenvalue weighted by Crippen LogP contribution is -2.26. The average molecular weight is 344 g/mol. The topological polar surface area (TPSA) is 62.2 Å². The first-order valence-corrected chi connectivity index (χ1v) is 9.72. The van der Waals surface area contributed by atoms with Crippen molar-refractivity contribution < 1.29 is 9.90 Å². The second-order valence-electron chi connectivity index (χ2n) is 6.33. The van der Waals surface area contributed by atoms with E-state index in [1.165, 1.54) is 12.8 Å². The van der Waals surface area contributed by atoms with Crippen LogP contribution in [0.5, 0.6) is 0 Å². The van der Waals surface area contributed by atoms with E-state index < -0.39 is 0 Å². The highest BCUT2D eigenvalue weighted by atomic mass is 32.2. The third-order valence-corrected chi connectivity index (χ3v) is 5.27. The van der Waals surface area contributed by atoms with Gasteiger partial charge in [0.15, 0.2) is 0 Å². The van der Waals surface area contributed by atoms with Gasteiger partial charge in [-0.15, -0.1) is 0 Å². The van der Waals surface area contributed by atoms with Crippen molar-refractivity contribution in [1.29, 1.82) is 0 Å². The maximum atomic E-state index is 12.7. The summed E-state index contributed by atoms with van der Waals surface area (Å²) in [6.45, 7) is 2.91. The van der Waals surface area contributed by atoms with E-state index in [0.717, 1.165) is 45.7 Å². The maximum absolute atomic E-state index is 12.7. The SMILES string of the molecule is Cc1ccc2nc(C3CC3)cc(C(=O)NCCSCCCO)c2c1. The molecule has 24 heavy (non-hydrogen) atoms. The normalized spacial score (nSPS) is 14.1. The Kier molecular flexibility index (Phi) is 5.74. The highest BCUT2D eigenvalue weighted by molar-refractivity contribution is 7.99. The minimum Gasteiger partial charge on any atom is -0.396 e. The molecule has 1 saturated carbocycles. The molecule has 0 saturated heterocycles. The molecule has 3 rings (SSSR count). The summed E-state index contributed by atoms with van der Waals surface area (Å²) in [5.74, 6) is 2.30. The molecule has 0 radical (unpaired) electrons. The summed E-state index contributed by atoms with van der Waals surface area (Å²) >= 11 is 1.75. The standard InChI is InChI=1S/C19H24N2O2S/c1-13-3-6-17-15(11-13)16(12-18(21-17)14-4-5-14)19(23)20-7-10-24-9-2-8-22/h3,6,11-12,14,22H,2,4-5,7-10H2,1H3,(H,20,23). The van der Waals surface area contributed by atoms with Crippen LogP contribution in [0.2, 0.25) is 0 Å². The summed E-state index contributed by atoms with van der Waals surface area (Å²) in [6, 6.07) is 8.08. The third kappa shape index (κ3) is 4.28. The number of nitrogens with one attached hydrogen (secondary N) is 1. The first-order valence-electron chi connectivity index (χ1n) is 8.57. The number of benzene rings is 1. The molecule has 1 aromatic heterocycles. The van der Waals surface area contributed by atoms with E-state index in [4.69, 9.17) is 10.1 Å². The van der Waals surface area contributed by atoms with Crippen LogP contribution in [0.1, 0.15) is 46.8 Å². The molecule has 1 amide bonds. The highest BCUT2D eigenvalue weighted by Crippen LogP contribution is 2.40. The van der Waals surface area contributed by atoms with Gasteiger partial charge in [-0.25, -0.2) is 0 Å². The second kappa shape index (κ2) is 7.99. The van der Waals surface area contributed by atoms with Gasteiger partial charge < -0.3 is 10.4 Å². The third-order valence-electron chi connectivity index (χ3n) is 4.20. The summed E-state index contributed by atoms with van der Waals surface area (Å²) in [4.78, 5) is 17.4. The maximum Gasteiger partial charge on any atom is 0.252 e. The number of nitrogens with zero attached hydrogens (tertiary/aromatic N) is 1. The zero-order valence-corrected chi connectivity index (χ0v) is 14.9. The number of aryl methyl sites for hydroxylation is 1. The Hall–Kier alpha value is -1.59. The molecular formula is C19H24N2O2S. The Labute approximate surface area is 147 Å². The van der Waals surface area contributed by atoms with Crippen LogP contribution >= 0.6 is 11.8 Å². The van der Waals surface area contributed by atoms with E-state index >= 15 is 0 Å². The number of carbonyl (C=O) groups is 1. The van der Waals surface area contributed by atoms with Crippen molar-refractivity contribution in [3.05, 3.63) is 41.1 Å². The number of aliphatic hydroxyl groups excluding tert-OH is 1. The van der Waals surface area contributed by atoms with Crippen LogP contribution in [0.25, 0.3) is 10.9 Å². The van der Waals surface area contributed by atoms with E-state index in [9.17, 15) is 4.79 Å². The summed E-state index contributed by atoms with van der Waals surface area (Å²) in [5, 5.41) is 12.7. The van der Waals surface area contributed by atoms with Gasteiger partial charge in [-0.05, 0) is 50.1 Å². The van der Waals surface area contributed by atoms with Gasteiger partial charge in [-0.1, -0.05) is 11.6 Å². The zero-order valence-electron chi connectivity index (χ0n) is 14.0. The number of hydrogen-bond acceptors (Lipinski definition) is 4. The molecule has 0 spiro atoms. The molecule has 1 aliphatic carbocycles. The van der Waals surface area contributed by atoms with Gasteiger partial charge >= 0.3 is 0 Å². The van der Waals surface area contributed by atoms with Crippen LogP contribution in [-0.2, 0) is 0 Å². The van der Waals surface area contributed by atoms with E-state index in [0.29, 0.717) is 12.5 Å². The number of pyridine rings is 1. The molecule has 0 bridgehead atoms. The average Bonchev–Trinajstić information content (AvgIpc) is 3.42. The molecule has 1 fully saturated rings. The number of thioether (sulfide) groups is 1. The first kappa shape index (κ1) is 17.2. The van der Waals surface area contributed by atoms with Crippen molar-refractivity contribution in [2.75, 3.05) is 24.7 Å². The number of aromatic nitrogens is 1. The fraction of sp³-hybridized carbons (Fsp3) is 0.474. The van der Waals surface area contributed by atoms with Gasteiger partial charge in [0.2, 0.25) is 0 Å². The van der Waals surface area contributed by atoms with E-state index in [1.54, 1.807) is 11.8 Å². The molecular weight excluding hydrogens is 320 g/mol. The van der Waals surface area contributed by atoms with Gasteiger partial charge in [0, 0.05) is 35.9 Å². The minimum atomic E-state index is -0.0161. The molecule has 1 heterocycles. The largest absolute Gasteiger partial charge is 0.396 e. The first-order chi connectivity index (χ1) is 11.7. The lowest BCUT2D eigenvalue weighted by molar-refractivity contribution is 0.0957. The molecule has 0 aliphatic heterocycles. The molecule has 0 unspecified atom stereocenters. The number of aliphatic hydroxyl groups is 1. The smallest absolute Gasteiger partial charge is 0.252 e. The number of amides is 1. The van der Waals surface area contributed by atoms with Gasteiger partial charge in [0.1, 0.15) is 0 Å². The highest BCUT2D eigenvalue weighted by Gasteiger charge is 2.26. The molecule has 1 aromatic carbocycles. The Morgan fingerprint density at radius 1 is 1.33 bits per heavy atom. The number of fused-ring (bicyclic) bond motifs is 1. The number of hydrogen-bond donors (Lipinski definition) is 2. The molecule has 2 aromatic rings. The van der Waals surface area contributed by atoms with Crippen molar-refractivity contribution in [2.45, 2.75) is 32.1 Å². The summed E-state index contributed by atoms with van der Waals surface area (Å²) in [6.07, 6.45) is 3.15. The molecule has 5 heteroatoms. The predicted octanol–water partition coefficient (Wildman–Crippen LogP) is 3.27. The molecule has 4 nitrogen and oxygen atoms in total. The summed E-state index contributed by atoms with van der Waals surface area (Å²) < 4.78 is 0. The lowest BCUT2D eigenvalue weighted by atomic mass is 10.0. The van der Waals surface area contributed by atoms with Crippen LogP contribution in [-0.4, -0.2) is 40.7 Å². The summed E-state index contributed by atoms with van der Waals surface area (Å²) in [5.41, 5.74) is 3.84. The van der Waals surface area contributed by atoms with Crippen LogP contribution in [0.4, 0.5) is 0 Å². The van der Waals surface area contributed by atoms with Gasteiger partial charge in [0.05, 0.1) is 11.1 Å². The van der Waals surface area contributed by atoms with Crippen molar-refractivity contribution in [3.8, 4) is 0 Å². The Balaban J connectivity index is 1.74. The van der Waals surface area contributed by atoms with E-state index in [-0.39, 0.29) is 12.5 Å². The van der Waals surface area contributed by atoms with E-state index in [1.807, 2.05) is 31.2 Å². The molecule has 1 aliphatic rings. The molecule has 128 valence electrons. The second-order valence-corrected chi connectivity index (χ2v) is 7.56. The van der Waals surface area contributed by atoms with Gasteiger partial charge in [-0.2, -0.15) is 11.8 Å². The molecule has 2 N–H and O–H groups in total.